The Bertz CT molecular complexity index is 366. The Morgan fingerprint density at radius 2 is 2.12 bits per heavy atom. The van der Waals surface area contributed by atoms with Gasteiger partial charge in [0.05, 0.1) is 6.54 Å². The van der Waals surface area contributed by atoms with Crippen LogP contribution in [0, 0.1) is 0 Å². The van der Waals surface area contributed by atoms with Gasteiger partial charge < -0.3 is 10.4 Å². The van der Waals surface area contributed by atoms with Gasteiger partial charge in [-0.15, -0.1) is 0 Å². The highest BCUT2D eigenvalue weighted by Crippen LogP contribution is 2.16. The molecule has 1 aromatic rings. The Kier molecular flexibility index (Phi) is 5.49. The second kappa shape index (κ2) is 6.91. The molecule has 94 valence electrons. The number of hydrogen-bond acceptors (Lipinski definition) is 3. The van der Waals surface area contributed by atoms with Gasteiger partial charge in [-0.05, 0) is 19.5 Å². The third-order valence-electron chi connectivity index (χ3n) is 2.42. The summed E-state index contributed by atoms with van der Waals surface area (Å²) in [5.74, 6) is 0.290. The van der Waals surface area contributed by atoms with Crippen molar-refractivity contribution in [2.45, 2.75) is 19.9 Å². The van der Waals surface area contributed by atoms with Crippen LogP contribution in [0.5, 0.6) is 5.75 Å². The Morgan fingerprint density at radius 3 is 2.76 bits per heavy atom. The van der Waals surface area contributed by atoms with E-state index in [1.165, 1.54) is 0 Å². The van der Waals surface area contributed by atoms with E-state index < -0.39 is 0 Å². The van der Waals surface area contributed by atoms with E-state index in [0.29, 0.717) is 19.6 Å². The number of benzene rings is 1. The number of nitrogens with zero attached hydrogens (tertiary/aromatic N) is 1. The Balaban J connectivity index is 2.42. The molecule has 1 rings (SSSR count). The molecule has 0 aromatic heterocycles. The van der Waals surface area contributed by atoms with Crippen LogP contribution in [0.2, 0.25) is 0 Å². The van der Waals surface area contributed by atoms with Crippen LogP contribution in [0.1, 0.15) is 18.9 Å². The number of phenolic OH excluding ortho intramolecular Hbond substituents is 1. The van der Waals surface area contributed by atoms with E-state index in [-0.39, 0.29) is 11.7 Å². The maximum absolute atomic E-state index is 11.5. The summed E-state index contributed by atoms with van der Waals surface area (Å²) in [6.07, 6.45) is 0.939. The van der Waals surface area contributed by atoms with Crippen molar-refractivity contribution in [3.8, 4) is 5.75 Å². The Labute approximate surface area is 102 Å². The molecule has 17 heavy (non-hydrogen) atoms. The minimum absolute atomic E-state index is 0.0183. The number of amides is 1. The molecule has 1 amide bonds. The first-order valence-electron chi connectivity index (χ1n) is 5.85. The molecule has 0 radical (unpaired) electrons. The summed E-state index contributed by atoms with van der Waals surface area (Å²) in [4.78, 5) is 13.3. The molecular weight excluding hydrogens is 216 g/mol. The standard InChI is InChI=1S/C13H20N2O2/c1-3-8-14-13(17)10-15(2)9-11-6-4-5-7-12(11)16/h4-7,16H,3,8-10H2,1-2H3,(H,14,17). The van der Waals surface area contributed by atoms with Crippen LogP contribution in [-0.2, 0) is 11.3 Å². The minimum Gasteiger partial charge on any atom is -0.508 e. The molecule has 0 spiro atoms. The third kappa shape index (κ3) is 4.87. The second-order valence-electron chi connectivity index (χ2n) is 4.15. The molecule has 0 aliphatic carbocycles. The van der Waals surface area contributed by atoms with Crippen molar-refractivity contribution >= 4 is 5.91 Å². The fourth-order valence-electron chi connectivity index (χ4n) is 1.56. The summed E-state index contributed by atoms with van der Waals surface area (Å²) in [6, 6.07) is 7.17. The first-order valence-corrected chi connectivity index (χ1v) is 5.85. The third-order valence-corrected chi connectivity index (χ3v) is 2.42. The highest BCUT2D eigenvalue weighted by Gasteiger charge is 2.08. The van der Waals surface area contributed by atoms with E-state index in [1.807, 2.05) is 31.0 Å². The average molecular weight is 236 g/mol. The molecule has 0 saturated heterocycles. The first kappa shape index (κ1) is 13.5. The highest BCUT2D eigenvalue weighted by molar-refractivity contribution is 5.77. The number of nitrogens with one attached hydrogen (secondary N) is 1. The number of hydrogen-bond donors (Lipinski definition) is 2. The molecule has 0 aliphatic heterocycles. The average Bonchev–Trinajstić information content (AvgIpc) is 2.29. The zero-order chi connectivity index (χ0) is 12.7. The molecule has 1 aromatic carbocycles. The summed E-state index contributed by atoms with van der Waals surface area (Å²) in [5, 5.41) is 12.4. The summed E-state index contributed by atoms with van der Waals surface area (Å²) >= 11 is 0. The van der Waals surface area contributed by atoms with Crippen LogP contribution >= 0.6 is 0 Å². The number of aromatic hydroxyl groups is 1. The Morgan fingerprint density at radius 1 is 1.41 bits per heavy atom. The van der Waals surface area contributed by atoms with Gasteiger partial charge in [0, 0.05) is 18.7 Å². The molecule has 2 N–H and O–H groups in total. The fraction of sp³-hybridized carbons (Fsp3) is 0.462. The summed E-state index contributed by atoms with van der Waals surface area (Å²) < 4.78 is 0. The van der Waals surface area contributed by atoms with Crippen molar-refractivity contribution in [1.82, 2.24) is 10.2 Å². The SMILES string of the molecule is CCCNC(=O)CN(C)Cc1ccccc1O. The number of para-hydroxylation sites is 1. The first-order chi connectivity index (χ1) is 8.13. The quantitative estimate of drug-likeness (QED) is 0.784. The molecule has 0 unspecified atom stereocenters. The number of likely N-dealkylation sites (N-methyl/N-ethyl adjacent to an activating group) is 1. The molecule has 4 heteroatoms. The van der Waals surface area contributed by atoms with Crippen LogP contribution < -0.4 is 5.32 Å². The molecule has 0 saturated carbocycles. The van der Waals surface area contributed by atoms with Gasteiger partial charge in [0.15, 0.2) is 0 Å². The normalized spacial score (nSPS) is 10.5. The lowest BCUT2D eigenvalue weighted by Gasteiger charge is -2.16. The second-order valence-corrected chi connectivity index (χ2v) is 4.15. The molecule has 0 fully saturated rings. The van der Waals surface area contributed by atoms with Crippen molar-refractivity contribution < 1.29 is 9.90 Å². The summed E-state index contributed by atoms with van der Waals surface area (Å²) in [6.45, 7) is 3.63. The molecule has 0 atom stereocenters. The lowest BCUT2D eigenvalue weighted by Crippen LogP contribution is -2.35. The summed E-state index contributed by atoms with van der Waals surface area (Å²) in [5.41, 5.74) is 0.832. The predicted molar refractivity (Wildman–Crippen MR) is 67.7 cm³/mol. The van der Waals surface area contributed by atoms with Gasteiger partial charge in [-0.3, -0.25) is 9.69 Å². The van der Waals surface area contributed by atoms with Crippen LogP contribution in [0.15, 0.2) is 24.3 Å². The molecule has 0 heterocycles. The van der Waals surface area contributed by atoms with Crippen molar-refractivity contribution in [1.29, 1.82) is 0 Å². The van der Waals surface area contributed by atoms with Crippen LogP contribution in [0.4, 0.5) is 0 Å². The predicted octanol–water partition coefficient (Wildman–Crippen LogP) is 1.35. The number of carbonyl (C=O) groups excluding carboxylic acids is 1. The van der Waals surface area contributed by atoms with Gasteiger partial charge in [-0.25, -0.2) is 0 Å². The number of carbonyl (C=O) groups is 1. The van der Waals surface area contributed by atoms with E-state index in [2.05, 4.69) is 5.32 Å². The van der Waals surface area contributed by atoms with Gasteiger partial charge >= 0.3 is 0 Å². The van der Waals surface area contributed by atoms with Crippen LogP contribution in [0.25, 0.3) is 0 Å². The lowest BCUT2D eigenvalue weighted by molar-refractivity contribution is -0.122. The molecule has 4 nitrogen and oxygen atoms in total. The van der Waals surface area contributed by atoms with Crippen molar-refractivity contribution in [3.63, 3.8) is 0 Å². The van der Waals surface area contributed by atoms with E-state index in [9.17, 15) is 9.90 Å². The Hall–Kier alpha value is -1.55. The highest BCUT2D eigenvalue weighted by atomic mass is 16.3. The zero-order valence-electron chi connectivity index (χ0n) is 10.4. The smallest absolute Gasteiger partial charge is 0.234 e. The van der Waals surface area contributed by atoms with Gasteiger partial charge in [-0.2, -0.15) is 0 Å². The number of rotatable bonds is 6. The maximum atomic E-state index is 11.5. The van der Waals surface area contributed by atoms with Gasteiger partial charge in [0.25, 0.3) is 0 Å². The van der Waals surface area contributed by atoms with Gasteiger partial charge in [0.2, 0.25) is 5.91 Å². The molecule has 0 bridgehead atoms. The lowest BCUT2D eigenvalue weighted by atomic mass is 10.2. The largest absolute Gasteiger partial charge is 0.508 e. The van der Waals surface area contributed by atoms with E-state index in [4.69, 9.17) is 0 Å². The summed E-state index contributed by atoms with van der Waals surface area (Å²) in [7, 11) is 1.86. The van der Waals surface area contributed by atoms with E-state index >= 15 is 0 Å². The molecule has 0 aliphatic rings. The van der Waals surface area contributed by atoms with Gasteiger partial charge in [-0.1, -0.05) is 25.1 Å². The van der Waals surface area contributed by atoms with Crippen LogP contribution in [0.3, 0.4) is 0 Å². The minimum atomic E-state index is 0.0183. The monoisotopic (exact) mass is 236 g/mol. The maximum Gasteiger partial charge on any atom is 0.234 e. The molecular formula is C13H20N2O2. The van der Waals surface area contributed by atoms with E-state index in [0.717, 1.165) is 12.0 Å². The van der Waals surface area contributed by atoms with Gasteiger partial charge in [0.1, 0.15) is 5.75 Å². The van der Waals surface area contributed by atoms with E-state index in [1.54, 1.807) is 12.1 Å². The number of phenols is 1. The fourth-order valence-corrected chi connectivity index (χ4v) is 1.56. The topological polar surface area (TPSA) is 52.6 Å². The van der Waals surface area contributed by atoms with Crippen LogP contribution in [-0.4, -0.2) is 36.1 Å². The van der Waals surface area contributed by atoms with Crippen molar-refractivity contribution in [2.75, 3.05) is 20.1 Å². The van der Waals surface area contributed by atoms with Crippen molar-refractivity contribution in [2.24, 2.45) is 0 Å². The van der Waals surface area contributed by atoms with Crippen molar-refractivity contribution in [3.05, 3.63) is 29.8 Å². The zero-order valence-corrected chi connectivity index (χ0v) is 10.4.